The molecule has 0 saturated heterocycles. The van der Waals surface area contributed by atoms with Crippen LogP contribution in [0.5, 0.6) is 0 Å². The third kappa shape index (κ3) is 4.15. The van der Waals surface area contributed by atoms with Crippen LogP contribution in [-0.4, -0.2) is 17.5 Å². The highest BCUT2D eigenvalue weighted by molar-refractivity contribution is 6.67. The first-order valence-electron chi connectivity index (χ1n) is 9.63. The smallest absolute Gasteiger partial charge is 0.255 e. The first-order valence-corrected chi connectivity index (χ1v) is 10.0. The quantitative estimate of drug-likeness (QED) is 0.318. The molecule has 1 aromatic heterocycles. The molecule has 31 heavy (non-hydrogen) atoms. The van der Waals surface area contributed by atoms with Crippen LogP contribution in [0, 0.1) is 12.7 Å². The van der Waals surface area contributed by atoms with E-state index in [9.17, 15) is 9.18 Å². The molecule has 4 nitrogen and oxygen atoms in total. The lowest BCUT2D eigenvalue weighted by Gasteiger charge is -2.15. The van der Waals surface area contributed by atoms with E-state index >= 15 is 0 Å². The number of nitrogens with zero attached hydrogens (tertiary/aromatic N) is 1. The summed E-state index contributed by atoms with van der Waals surface area (Å²) in [7, 11) is 1.65. The van der Waals surface area contributed by atoms with Crippen LogP contribution in [0.2, 0.25) is 0 Å². The third-order valence-corrected chi connectivity index (χ3v) is 5.43. The summed E-state index contributed by atoms with van der Waals surface area (Å²) >= 11 is 5.38. The molecule has 4 rings (SSSR count). The number of halogens is 2. The molecule has 0 atom stereocenters. The lowest BCUT2D eigenvalue weighted by atomic mass is 9.92. The van der Waals surface area contributed by atoms with E-state index in [0.717, 1.165) is 27.8 Å². The molecule has 0 aliphatic rings. The van der Waals surface area contributed by atoms with Gasteiger partial charge in [-0.25, -0.2) is 4.39 Å². The van der Waals surface area contributed by atoms with Gasteiger partial charge >= 0.3 is 0 Å². The van der Waals surface area contributed by atoms with Gasteiger partial charge in [-0.1, -0.05) is 53.7 Å². The van der Waals surface area contributed by atoms with Crippen molar-refractivity contribution < 1.29 is 18.4 Å². The molecule has 4 aromatic rings. The summed E-state index contributed by atoms with van der Waals surface area (Å²) < 4.78 is 25.2. The normalized spacial score (nSPS) is 11.0. The van der Waals surface area contributed by atoms with Gasteiger partial charge in [0.25, 0.3) is 5.24 Å². The SMILES string of the molecule is COCc1c(-c2cc(-c3ccc(C(=O)Cl)c(F)c3)no2)ccc(-c2ccccc2)c1C. The number of hydrogen-bond donors (Lipinski definition) is 0. The van der Waals surface area contributed by atoms with Crippen LogP contribution in [0.15, 0.2) is 71.3 Å². The number of carbonyl (C=O) groups excluding carboxylic acids is 1. The molecule has 0 bridgehead atoms. The van der Waals surface area contributed by atoms with Crippen LogP contribution < -0.4 is 0 Å². The van der Waals surface area contributed by atoms with E-state index in [1.54, 1.807) is 19.2 Å². The van der Waals surface area contributed by atoms with Crippen LogP contribution in [0.25, 0.3) is 33.7 Å². The van der Waals surface area contributed by atoms with Gasteiger partial charge in [0.15, 0.2) is 5.76 Å². The van der Waals surface area contributed by atoms with E-state index in [0.29, 0.717) is 23.6 Å². The molecule has 0 spiro atoms. The Hall–Kier alpha value is -3.28. The first-order chi connectivity index (χ1) is 15.0. The predicted molar refractivity (Wildman–Crippen MR) is 118 cm³/mol. The van der Waals surface area contributed by atoms with Crippen LogP contribution in [0.4, 0.5) is 4.39 Å². The van der Waals surface area contributed by atoms with Gasteiger partial charge in [-0.05, 0) is 52.9 Å². The van der Waals surface area contributed by atoms with Crippen molar-refractivity contribution in [3.05, 3.63) is 89.2 Å². The molecule has 0 aliphatic heterocycles. The molecular weight excluding hydrogens is 417 g/mol. The zero-order valence-electron chi connectivity index (χ0n) is 17.0. The third-order valence-electron chi connectivity index (χ3n) is 5.22. The fraction of sp³-hybridized carbons (Fsp3) is 0.120. The van der Waals surface area contributed by atoms with Crippen LogP contribution >= 0.6 is 11.6 Å². The maximum Gasteiger partial charge on any atom is 0.255 e. The van der Waals surface area contributed by atoms with Crippen molar-refractivity contribution >= 4 is 16.8 Å². The van der Waals surface area contributed by atoms with Gasteiger partial charge in [-0.2, -0.15) is 0 Å². The van der Waals surface area contributed by atoms with Crippen LogP contribution in [0.1, 0.15) is 21.5 Å². The van der Waals surface area contributed by atoms with Gasteiger partial charge in [0.1, 0.15) is 11.5 Å². The molecule has 3 aromatic carbocycles. The van der Waals surface area contributed by atoms with E-state index in [2.05, 4.69) is 24.2 Å². The minimum absolute atomic E-state index is 0.177. The topological polar surface area (TPSA) is 52.3 Å². The predicted octanol–water partition coefficient (Wildman–Crippen LogP) is 6.65. The second-order valence-electron chi connectivity index (χ2n) is 7.11. The molecule has 0 unspecified atom stereocenters. The molecule has 156 valence electrons. The molecule has 0 amide bonds. The largest absolute Gasteiger partial charge is 0.380 e. The Morgan fingerprint density at radius 1 is 1.03 bits per heavy atom. The van der Waals surface area contributed by atoms with Gasteiger partial charge in [0.05, 0.1) is 12.2 Å². The summed E-state index contributed by atoms with van der Waals surface area (Å²) in [5.74, 6) is -0.159. The molecule has 1 heterocycles. The number of carbonyl (C=O) groups is 1. The summed E-state index contributed by atoms with van der Waals surface area (Å²) in [6, 6.07) is 20.0. The van der Waals surface area contributed by atoms with E-state index in [4.69, 9.17) is 20.9 Å². The Bertz CT molecular complexity index is 1250. The van der Waals surface area contributed by atoms with E-state index < -0.39 is 11.1 Å². The highest BCUT2D eigenvalue weighted by atomic mass is 35.5. The van der Waals surface area contributed by atoms with Gasteiger partial charge in [-0.15, -0.1) is 0 Å². The highest BCUT2D eigenvalue weighted by Gasteiger charge is 2.18. The van der Waals surface area contributed by atoms with Gasteiger partial charge in [0.2, 0.25) is 0 Å². The number of methoxy groups -OCH3 is 1. The molecule has 6 heteroatoms. The lowest BCUT2D eigenvalue weighted by molar-refractivity contribution is 0.107. The summed E-state index contributed by atoms with van der Waals surface area (Å²) in [5.41, 5.74) is 5.91. The number of rotatable bonds is 6. The van der Waals surface area contributed by atoms with E-state index in [-0.39, 0.29) is 5.56 Å². The number of aromatic nitrogens is 1. The van der Waals surface area contributed by atoms with Crippen molar-refractivity contribution in [1.82, 2.24) is 5.16 Å². The zero-order valence-corrected chi connectivity index (χ0v) is 17.7. The molecule has 0 aliphatic carbocycles. The summed E-state index contributed by atoms with van der Waals surface area (Å²) in [5, 5.41) is 3.25. The van der Waals surface area contributed by atoms with E-state index in [1.807, 2.05) is 30.3 Å². The van der Waals surface area contributed by atoms with Crippen molar-refractivity contribution in [3.8, 4) is 33.7 Å². The van der Waals surface area contributed by atoms with Crippen molar-refractivity contribution in [1.29, 1.82) is 0 Å². The number of hydrogen-bond acceptors (Lipinski definition) is 4. The standard InChI is InChI=1S/C25H19ClFNO3/c1-15-18(16-6-4-3-5-7-16)10-11-19(21(15)14-30-2)24-13-23(28-31-24)17-8-9-20(25(26)29)22(27)12-17/h3-13H,14H2,1-2H3. The van der Waals surface area contributed by atoms with Crippen LogP contribution in [-0.2, 0) is 11.3 Å². The zero-order chi connectivity index (χ0) is 22.0. The minimum Gasteiger partial charge on any atom is -0.380 e. The monoisotopic (exact) mass is 435 g/mol. The van der Waals surface area contributed by atoms with Crippen molar-refractivity contribution in [2.75, 3.05) is 7.11 Å². The fourth-order valence-electron chi connectivity index (χ4n) is 3.62. The molecule has 0 fully saturated rings. The van der Waals surface area contributed by atoms with Gasteiger partial charge in [-0.3, -0.25) is 4.79 Å². The molecule has 0 saturated carbocycles. The lowest BCUT2D eigenvalue weighted by Crippen LogP contribution is -1.98. The summed E-state index contributed by atoms with van der Waals surface area (Å²) in [6.07, 6.45) is 0. The second kappa shape index (κ2) is 8.84. The maximum absolute atomic E-state index is 14.2. The van der Waals surface area contributed by atoms with Crippen molar-refractivity contribution in [2.45, 2.75) is 13.5 Å². The van der Waals surface area contributed by atoms with E-state index in [1.165, 1.54) is 12.1 Å². The van der Waals surface area contributed by atoms with Crippen molar-refractivity contribution in [3.63, 3.8) is 0 Å². The average molecular weight is 436 g/mol. The Kier molecular flexibility index (Phi) is 5.98. The Morgan fingerprint density at radius 2 is 1.77 bits per heavy atom. The fourth-order valence-corrected chi connectivity index (χ4v) is 3.77. The number of ether oxygens (including phenoxy) is 1. The Labute approximate surface area is 184 Å². The summed E-state index contributed by atoms with van der Waals surface area (Å²) in [4.78, 5) is 11.2. The van der Waals surface area contributed by atoms with Gasteiger partial charge < -0.3 is 9.26 Å². The van der Waals surface area contributed by atoms with Gasteiger partial charge in [0, 0.05) is 24.3 Å². The Morgan fingerprint density at radius 3 is 2.45 bits per heavy atom. The Balaban J connectivity index is 1.75. The minimum atomic E-state index is -0.844. The average Bonchev–Trinajstić information content (AvgIpc) is 3.25. The molecule has 0 N–H and O–H groups in total. The summed E-state index contributed by atoms with van der Waals surface area (Å²) in [6.45, 7) is 2.45. The van der Waals surface area contributed by atoms with Crippen LogP contribution in [0.3, 0.4) is 0 Å². The highest BCUT2D eigenvalue weighted by Crippen LogP contribution is 2.35. The molecule has 0 radical (unpaired) electrons. The first kappa shape index (κ1) is 21.0. The van der Waals surface area contributed by atoms with Crippen molar-refractivity contribution in [2.24, 2.45) is 0 Å². The second-order valence-corrected chi connectivity index (χ2v) is 7.45. The number of benzene rings is 3. The maximum atomic E-state index is 14.2. The molecular formula is C25H19ClFNO3.